The van der Waals surface area contributed by atoms with Gasteiger partial charge in [-0.05, 0) is 23.5 Å². The molecule has 0 N–H and O–H groups in total. The Hall–Kier alpha value is -1.56. The highest BCUT2D eigenvalue weighted by Crippen LogP contribution is 2.27. The molecule has 0 amide bonds. The minimum absolute atomic E-state index is 0.406. The molecule has 2 aromatic carbocycles. The molecule has 2 rings (SSSR count). The fraction of sp³-hybridized carbons (Fsp3) is 0.235. The summed E-state index contributed by atoms with van der Waals surface area (Å²) in [5, 5.41) is 0. The molecule has 0 bridgehead atoms. The number of hydrogen-bond acceptors (Lipinski definition) is 0. The highest BCUT2D eigenvalue weighted by molar-refractivity contribution is 5.31. The second kappa shape index (κ2) is 6.24. The maximum Gasteiger partial charge on any atom is 0.0245 e. The predicted molar refractivity (Wildman–Crippen MR) is 72.9 cm³/mol. The van der Waals surface area contributed by atoms with E-state index < -0.39 is 0 Å². The minimum Gasteiger partial charge on any atom is -0.0654 e. The van der Waals surface area contributed by atoms with Crippen LogP contribution in [0.4, 0.5) is 0 Å². The van der Waals surface area contributed by atoms with Gasteiger partial charge in [-0.1, -0.05) is 74.0 Å². The summed E-state index contributed by atoms with van der Waals surface area (Å²) < 4.78 is 0. The zero-order valence-corrected chi connectivity index (χ0v) is 10.3. The molecule has 1 unspecified atom stereocenters. The van der Waals surface area contributed by atoms with Crippen molar-refractivity contribution in [3.05, 3.63) is 78.2 Å². The van der Waals surface area contributed by atoms with E-state index in [0.29, 0.717) is 5.92 Å². The van der Waals surface area contributed by atoms with Crippen LogP contribution in [0.25, 0.3) is 0 Å². The Balaban J connectivity index is 2.13. The van der Waals surface area contributed by atoms with E-state index in [2.05, 4.69) is 67.9 Å². The van der Waals surface area contributed by atoms with E-state index in [1.54, 1.807) is 0 Å². The van der Waals surface area contributed by atoms with Crippen LogP contribution in [0.1, 0.15) is 36.8 Å². The molecule has 0 aliphatic heterocycles. The Kier molecular flexibility index (Phi) is 4.37. The highest BCUT2D eigenvalue weighted by atomic mass is 14.1. The number of rotatable bonds is 5. The Morgan fingerprint density at radius 2 is 1.47 bits per heavy atom. The van der Waals surface area contributed by atoms with Gasteiger partial charge in [0, 0.05) is 6.42 Å². The average molecular weight is 222 g/mol. The lowest BCUT2D eigenvalue weighted by Crippen LogP contribution is -2.00. The fourth-order valence-corrected chi connectivity index (χ4v) is 2.03. The van der Waals surface area contributed by atoms with E-state index in [9.17, 15) is 0 Å². The van der Waals surface area contributed by atoms with E-state index in [0.717, 1.165) is 6.42 Å². The molecule has 86 valence electrons. The molecule has 0 fully saturated rings. The maximum absolute atomic E-state index is 3.60. The molecule has 0 saturated carbocycles. The Morgan fingerprint density at radius 3 is 2.06 bits per heavy atom. The lowest BCUT2D eigenvalue weighted by Gasteiger charge is -2.15. The zero-order valence-electron chi connectivity index (χ0n) is 10.3. The van der Waals surface area contributed by atoms with Crippen LogP contribution in [0.15, 0.2) is 60.7 Å². The van der Waals surface area contributed by atoms with E-state index in [-0.39, 0.29) is 0 Å². The Morgan fingerprint density at radius 1 is 0.882 bits per heavy atom. The van der Waals surface area contributed by atoms with E-state index in [1.165, 1.54) is 17.5 Å². The first-order chi connectivity index (χ1) is 8.40. The van der Waals surface area contributed by atoms with Gasteiger partial charge in [-0.25, -0.2) is 0 Å². The molecule has 1 atom stereocenters. The molecule has 0 aliphatic rings. The highest BCUT2D eigenvalue weighted by Gasteiger charge is 2.11. The summed E-state index contributed by atoms with van der Waals surface area (Å²) >= 11 is 0. The largest absolute Gasteiger partial charge is 0.0654 e. The summed E-state index contributed by atoms with van der Waals surface area (Å²) in [5.74, 6) is 0.406. The smallest absolute Gasteiger partial charge is 0.0245 e. The van der Waals surface area contributed by atoms with Crippen LogP contribution >= 0.6 is 0 Å². The third-order valence-electron chi connectivity index (χ3n) is 2.89. The van der Waals surface area contributed by atoms with Crippen LogP contribution in [0, 0.1) is 6.42 Å². The lowest BCUT2D eigenvalue weighted by atomic mass is 9.88. The summed E-state index contributed by atoms with van der Waals surface area (Å²) in [6.45, 7) is 2.22. The van der Waals surface area contributed by atoms with E-state index in [4.69, 9.17) is 0 Å². The van der Waals surface area contributed by atoms with Crippen LogP contribution in [0.3, 0.4) is 0 Å². The van der Waals surface area contributed by atoms with E-state index >= 15 is 0 Å². The van der Waals surface area contributed by atoms with Crippen molar-refractivity contribution in [2.75, 3.05) is 0 Å². The van der Waals surface area contributed by atoms with Crippen molar-refractivity contribution in [3.63, 3.8) is 0 Å². The van der Waals surface area contributed by atoms with Crippen molar-refractivity contribution in [2.24, 2.45) is 0 Å². The van der Waals surface area contributed by atoms with Gasteiger partial charge < -0.3 is 0 Å². The van der Waals surface area contributed by atoms with Gasteiger partial charge in [-0.15, -0.1) is 0 Å². The van der Waals surface area contributed by atoms with Crippen LogP contribution < -0.4 is 0 Å². The molecule has 2 aromatic rings. The van der Waals surface area contributed by atoms with Gasteiger partial charge in [-0.2, -0.15) is 0 Å². The summed E-state index contributed by atoms with van der Waals surface area (Å²) in [6.07, 6.45) is 5.93. The minimum atomic E-state index is 0.406. The summed E-state index contributed by atoms with van der Waals surface area (Å²) in [6, 6.07) is 21.1. The van der Waals surface area contributed by atoms with Crippen LogP contribution in [-0.4, -0.2) is 0 Å². The summed E-state index contributed by atoms with van der Waals surface area (Å²) in [7, 11) is 0. The zero-order chi connectivity index (χ0) is 11.9. The second-order valence-electron chi connectivity index (χ2n) is 4.26. The molecule has 0 spiro atoms. The molecule has 0 aliphatic carbocycles. The van der Waals surface area contributed by atoms with Crippen molar-refractivity contribution < 1.29 is 0 Å². The monoisotopic (exact) mass is 222 g/mol. The van der Waals surface area contributed by atoms with Gasteiger partial charge in [-0.3, -0.25) is 0 Å². The van der Waals surface area contributed by atoms with Gasteiger partial charge in [0.2, 0.25) is 0 Å². The van der Waals surface area contributed by atoms with Gasteiger partial charge in [0.05, 0.1) is 0 Å². The van der Waals surface area contributed by atoms with Crippen molar-refractivity contribution in [3.8, 4) is 0 Å². The van der Waals surface area contributed by atoms with Crippen LogP contribution in [0.5, 0.6) is 0 Å². The van der Waals surface area contributed by atoms with Gasteiger partial charge >= 0.3 is 0 Å². The summed E-state index contributed by atoms with van der Waals surface area (Å²) in [5.41, 5.74) is 2.55. The predicted octanol–water partition coefficient (Wildman–Crippen LogP) is 4.70. The summed E-state index contributed by atoms with van der Waals surface area (Å²) in [4.78, 5) is 0. The lowest BCUT2D eigenvalue weighted by molar-refractivity contribution is 0.689. The third kappa shape index (κ3) is 3.45. The maximum atomic E-state index is 3.60. The molecular formula is C17H18. The molecule has 2 radical (unpaired) electrons. The van der Waals surface area contributed by atoms with Crippen molar-refractivity contribution in [1.29, 1.82) is 0 Å². The average Bonchev–Trinajstić information content (AvgIpc) is 2.40. The quantitative estimate of drug-likeness (QED) is 0.688. The molecule has 17 heavy (non-hydrogen) atoms. The van der Waals surface area contributed by atoms with Gasteiger partial charge in [0.1, 0.15) is 0 Å². The van der Waals surface area contributed by atoms with Crippen LogP contribution in [0.2, 0.25) is 0 Å². The fourth-order valence-electron chi connectivity index (χ4n) is 2.03. The van der Waals surface area contributed by atoms with Crippen molar-refractivity contribution in [2.45, 2.75) is 25.7 Å². The van der Waals surface area contributed by atoms with Gasteiger partial charge in [0.25, 0.3) is 0 Å². The van der Waals surface area contributed by atoms with Crippen molar-refractivity contribution in [1.82, 2.24) is 0 Å². The number of benzene rings is 2. The van der Waals surface area contributed by atoms with E-state index in [1.807, 2.05) is 6.07 Å². The number of hydrogen-bond donors (Lipinski definition) is 0. The SMILES string of the molecule is CCCC([C]c1ccccc1)c1ccccc1. The Bertz CT molecular complexity index is 416. The molecular weight excluding hydrogens is 204 g/mol. The van der Waals surface area contributed by atoms with Gasteiger partial charge in [0.15, 0.2) is 0 Å². The first-order valence-electron chi connectivity index (χ1n) is 6.26. The normalized spacial score (nSPS) is 12.3. The van der Waals surface area contributed by atoms with Crippen LogP contribution in [-0.2, 0) is 0 Å². The second-order valence-corrected chi connectivity index (χ2v) is 4.26. The Labute approximate surface area is 104 Å². The first-order valence-corrected chi connectivity index (χ1v) is 6.26. The molecule has 0 saturated heterocycles. The first kappa shape index (κ1) is 11.9. The topological polar surface area (TPSA) is 0 Å². The third-order valence-corrected chi connectivity index (χ3v) is 2.89. The van der Waals surface area contributed by atoms with Crippen molar-refractivity contribution >= 4 is 0 Å². The molecule has 0 nitrogen and oxygen atoms in total. The molecule has 0 heteroatoms. The molecule has 0 aromatic heterocycles. The standard InChI is InChI=1S/C17H18/c1-2-9-17(16-12-7-4-8-13-16)14-15-10-5-3-6-11-15/h3-8,10-13,17H,2,9H2,1H3. The molecule has 0 heterocycles.